The highest BCUT2D eigenvalue weighted by Gasteiger charge is 2.29. The maximum Gasteiger partial charge on any atom is 0.122 e. The molecule has 2 nitrogen and oxygen atoms in total. The topological polar surface area (TPSA) is 40.5 Å². The predicted molar refractivity (Wildman–Crippen MR) is 110 cm³/mol. The lowest BCUT2D eigenvalue weighted by Crippen LogP contribution is -2.20. The van der Waals surface area contributed by atoms with Crippen LogP contribution in [0.25, 0.3) is 0 Å². The van der Waals surface area contributed by atoms with Crippen LogP contribution in [0.5, 0.6) is 11.5 Å². The van der Waals surface area contributed by atoms with Crippen LogP contribution in [0.15, 0.2) is 24.3 Å². The zero-order chi connectivity index (χ0) is 19.8. The molecule has 0 heterocycles. The molecule has 0 radical (unpaired) electrons. The minimum absolute atomic E-state index is 0.0403. The first-order chi connectivity index (χ1) is 11.9. The van der Waals surface area contributed by atoms with Crippen molar-refractivity contribution < 1.29 is 10.2 Å². The van der Waals surface area contributed by atoms with Crippen molar-refractivity contribution in [3.63, 3.8) is 0 Å². The summed E-state index contributed by atoms with van der Waals surface area (Å²) in [5.41, 5.74) is 6.02. The zero-order valence-corrected chi connectivity index (χ0v) is 17.6. The molecule has 26 heavy (non-hydrogen) atoms. The molecule has 142 valence electrons. The SMILES string of the molecule is Cc1cc(C)c(O)c(C(CC(C)C(C)(C)C)c2cc(C)cc(C)c2O)c1. The zero-order valence-electron chi connectivity index (χ0n) is 17.6. The first-order valence-corrected chi connectivity index (χ1v) is 9.52. The van der Waals surface area contributed by atoms with E-state index in [1.165, 1.54) is 0 Å². The Balaban J connectivity index is 2.69. The van der Waals surface area contributed by atoms with Gasteiger partial charge in [0.25, 0.3) is 0 Å². The Kier molecular flexibility index (Phi) is 5.75. The van der Waals surface area contributed by atoms with Crippen molar-refractivity contribution >= 4 is 0 Å². The highest BCUT2D eigenvalue weighted by molar-refractivity contribution is 5.53. The van der Waals surface area contributed by atoms with Gasteiger partial charge in [-0.1, -0.05) is 63.1 Å². The molecule has 0 spiro atoms. The van der Waals surface area contributed by atoms with Crippen LogP contribution in [-0.2, 0) is 0 Å². The summed E-state index contributed by atoms with van der Waals surface area (Å²) in [4.78, 5) is 0. The Bertz CT molecular complexity index is 739. The Morgan fingerprint density at radius 2 is 1.15 bits per heavy atom. The third-order valence-corrected chi connectivity index (χ3v) is 5.77. The first kappa shape index (κ1) is 20.4. The molecule has 0 aliphatic rings. The van der Waals surface area contributed by atoms with Crippen LogP contribution in [0.3, 0.4) is 0 Å². The van der Waals surface area contributed by atoms with E-state index in [0.717, 1.165) is 39.8 Å². The lowest BCUT2D eigenvalue weighted by molar-refractivity contribution is 0.237. The highest BCUT2D eigenvalue weighted by atomic mass is 16.3. The van der Waals surface area contributed by atoms with Gasteiger partial charge < -0.3 is 10.2 Å². The van der Waals surface area contributed by atoms with Crippen molar-refractivity contribution in [2.24, 2.45) is 11.3 Å². The second-order valence-electron chi connectivity index (χ2n) is 9.09. The number of hydrogen-bond acceptors (Lipinski definition) is 2. The van der Waals surface area contributed by atoms with Gasteiger partial charge in [0.2, 0.25) is 0 Å². The molecule has 0 amide bonds. The Labute approximate surface area is 158 Å². The summed E-state index contributed by atoms with van der Waals surface area (Å²) in [6.07, 6.45) is 0.871. The van der Waals surface area contributed by atoms with Crippen LogP contribution >= 0.6 is 0 Å². The molecule has 2 aromatic rings. The summed E-state index contributed by atoms with van der Waals surface area (Å²) in [6, 6.07) is 8.15. The minimum atomic E-state index is -0.0403. The van der Waals surface area contributed by atoms with Gasteiger partial charge in [-0.3, -0.25) is 0 Å². The normalized spacial score (nSPS) is 13.3. The Hall–Kier alpha value is -1.96. The fourth-order valence-electron chi connectivity index (χ4n) is 3.65. The second kappa shape index (κ2) is 7.34. The Morgan fingerprint density at radius 3 is 1.50 bits per heavy atom. The van der Waals surface area contributed by atoms with Gasteiger partial charge in [-0.15, -0.1) is 0 Å². The summed E-state index contributed by atoms with van der Waals surface area (Å²) >= 11 is 0. The van der Waals surface area contributed by atoms with Crippen molar-refractivity contribution in [2.45, 2.75) is 67.7 Å². The molecule has 1 atom stereocenters. The maximum atomic E-state index is 10.8. The van der Waals surface area contributed by atoms with E-state index in [1.54, 1.807) is 0 Å². The molecule has 2 N–H and O–H groups in total. The van der Waals surface area contributed by atoms with Crippen LogP contribution in [0, 0.1) is 39.0 Å². The van der Waals surface area contributed by atoms with Crippen molar-refractivity contribution in [1.82, 2.24) is 0 Å². The number of phenols is 2. The van der Waals surface area contributed by atoms with Crippen molar-refractivity contribution in [3.8, 4) is 11.5 Å². The fourth-order valence-corrected chi connectivity index (χ4v) is 3.65. The molecule has 1 unspecified atom stereocenters. The number of hydrogen-bond donors (Lipinski definition) is 2. The van der Waals surface area contributed by atoms with Gasteiger partial charge in [-0.05, 0) is 56.6 Å². The number of aryl methyl sites for hydroxylation is 4. The fraction of sp³-hybridized carbons (Fsp3) is 0.500. The number of rotatable bonds is 4. The van der Waals surface area contributed by atoms with Gasteiger partial charge in [-0.25, -0.2) is 0 Å². The summed E-state index contributed by atoms with van der Waals surface area (Å²) < 4.78 is 0. The van der Waals surface area contributed by atoms with Gasteiger partial charge in [0.15, 0.2) is 0 Å². The quantitative estimate of drug-likeness (QED) is 0.655. The van der Waals surface area contributed by atoms with E-state index in [-0.39, 0.29) is 11.3 Å². The third-order valence-electron chi connectivity index (χ3n) is 5.77. The number of phenolic OH excluding ortho intramolecular Hbond substituents is 2. The maximum absolute atomic E-state index is 10.8. The van der Waals surface area contributed by atoms with E-state index in [4.69, 9.17) is 0 Å². The number of benzene rings is 2. The van der Waals surface area contributed by atoms with Gasteiger partial charge in [0, 0.05) is 17.0 Å². The van der Waals surface area contributed by atoms with E-state index >= 15 is 0 Å². The van der Waals surface area contributed by atoms with Crippen molar-refractivity contribution in [3.05, 3.63) is 57.6 Å². The molecule has 0 fully saturated rings. The highest BCUT2D eigenvalue weighted by Crippen LogP contribution is 2.45. The van der Waals surface area contributed by atoms with Crippen molar-refractivity contribution in [1.29, 1.82) is 0 Å². The molecular weight excluding hydrogens is 320 g/mol. The predicted octanol–water partition coefficient (Wildman–Crippen LogP) is 6.54. The summed E-state index contributed by atoms with van der Waals surface area (Å²) in [5.74, 6) is 1.08. The molecule has 2 heteroatoms. The van der Waals surface area contributed by atoms with Gasteiger partial charge in [-0.2, -0.15) is 0 Å². The van der Waals surface area contributed by atoms with Gasteiger partial charge in [0.05, 0.1) is 0 Å². The molecule has 0 aromatic heterocycles. The largest absolute Gasteiger partial charge is 0.507 e. The van der Waals surface area contributed by atoms with E-state index in [9.17, 15) is 10.2 Å². The average molecular weight is 355 g/mol. The van der Waals surface area contributed by atoms with Crippen LogP contribution in [0.4, 0.5) is 0 Å². The standard InChI is InChI=1S/C24H34O2/c1-14-9-16(3)22(25)20(11-14)19(13-18(5)24(6,7)8)21-12-15(2)10-17(4)23(21)26/h9-12,18-19,25-26H,13H2,1-8H3. The molecule has 0 aliphatic carbocycles. The van der Waals surface area contributed by atoms with E-state index in [1.807, 2.05) is 26.0 Å². The summed E-state index contributed by atoms with van der Waals surface area (Å²) in [6.45, 7) is 17.0. The molecule has 0 bridgehead atoms. The van der Waals surface area contributed by atoms with Gasteiger partial charge >= 0.3 is 0 Å². The average Bonchev–Trinajstić information content (AvgIpc) is 2.51. The smallest absolute Gasteiger partial charge is 0.122 e. The van der Waals surface area contributed by atoms with Crippen molar-refractivity contribution in [2.75, 3.05) is 0 Å². The number of aromatic hydroxyl groups is 2. The summed E-state index contributed by atoms with van der Waals surface area (Å²) in [5, 5.41) is 21.6. The van der Waals surface area contributed by atoms with E-state index in [0.29, 0.717) is 17.4 Å². The van der Waals surface area contributed by atoms with Crippen LogP contribution in [0.1, 0.15) is 73.4 Å². The monoisotopic (exact) mass is 354 g/mol. The molecular formula is C24H34O2. The van der Waals surface area contributed by atoms with E-state index < -0.39 is 0 Å². The lowest BCUT2D eigenvalue weighted by Gasteiger charge is -2.32. The van der Waals surface area contributed by atoms with Gasteiger partial charge in [0.1, 0.15) is 11.5 Å². The van der Waals surface area contributed by atoms with Crippen LogP contribution in [-0.4, -0.2) is 10.2 Å². The first-order valence-electron chi connectivity index (χ1n) is 9.52. The second-order valence-corrected chi connectivity index (χ2v) is 9.09. The van der Waals surface area contributed by atoms with E-state index in [2.05, 4.69) is 53.7 Å². The summed E-state index contributed by atoms with van der Waals surface area (Å²) in [7, 11) is 0. The van der Waals surface area contributed by atoms with Crippen LogP contribution < -0.4 is 0 Å². The molecule has 0 saturated carbocycles. The Morgan fingerprint density at radius 1 is 0.769 bits per heavy atom. The molecule has 0 saturated heterocycles. The lowest BCUT2D eigenvalue weighted by atomic mass is 9.73. The van der Waals surface area contributed by atoms with Crippen LogP contribution in [0.2, 0.25) is 0 Å². The third kappa shape index (κ3) is 4.23. The molecule has 2 rings (SSSR count). The molecule has 0 aliphatic heterocycles. The molecule has 2 aromatic carbocycles. The minimum Gasteiger partial charge on any atom is -0.507 e.